The molecular formula is C15H28N2O2. The third-order valence-electron chi connectivity index (χ3n) is 4.08. The van der Waals surface area contributed by atoms with Crippen molar-refractivity contribution >= 4 is 5.91 Å². The number of carbonyl (C=O) groups is 1. The number of amides is 1. The van der Waals surface area contributed by atoms with Gasteiger partial charge in [-0.05, 0) is 32.6 Å². The molecule has 1 aliphatic heterocycles. The summed E-state index contributed by atoms with van der Waals surface area (Å²) < 4.78 is 5.95. The van der Waals surface area contributed by atoms with Gasteiger partial charge in [0, 0.05) is 19.2 Å². The van der Waals surface area contributed by atoms with Crippen molar-refractivity contribution in [3.05, 3.63) is 12.7 Å². The molecule has 1 heterocycles. The molecule has 0 saturated carbocycles. The summed E-state index contributed by atoms with van der Waals surface area (Å²) in [4.78, 5) is 11.8. The molecule has 0 aliphatic carbocycles. The van der Waals surface area contributed by atoms with Gasteiger partial charge in [-0.2, -0.15) is 0 Å². The van der Waals surface area contributed by atoms with E-state index in [9.17, 15) is 4.79 Å². The maximum atomic E-state index is 11.8. The van der Waals surface area contributed by atoms with Crippen LogP contribution in [-0.4, -0.2) is 36.7 Å². The Labute approximate surface area is 117 Å². The summed E-state index contributed by atoms with van der Waals surface area (Å²) >= 11 is 0. The van der Waals surface area contributed by atoms with E-state index >= 15 is 0 Å². The number of nitrogens with one attached hydrogen (secondary N) is 2. The SMILES string of the molecule is C=CCNC(=O)C(C)NC1CCOC(CC)(CC)C1. The van der Waals surface area contributed by atoms with E-state index in [1.165, 1.54) is 0 Å². The molecule has 1 fully saturated rings. The van der Waals surface area contributed by atoms with Crippen LogP contribution in [0.3, 0.4) is 0 Å². The highest BCUT2D eigenvalue weighted by Crippen LogP contribution is 2.31. The Kier molecular flexibility index (Phi) is 6.52. The van der Waals surface area contributed by atoms with E-state index in [1.54, 1.807) is 6.08 Å². The van der Waals surface area contributed by atoms with Crippen molar-refractivity contribution in [1.29, 1.82) is 0 Å². The fourth-order valence-electron chi connectivity index (χ4n) is 2.67. The van der Waals surface area contributed by atoms with Crippen molar-refractivity contribution in [2.24, 2.45) is 0 Å². The van der Waals surface area contributed by atoms with Gasteiger partial charge in [-0.15, -0.1) is 6.58 Å². The smallest absolute Gasteiger partial charge is 0.237 e. The summed E-state index contributed by atoms with van der Waals surface area (Å²) in [5.74, 6) is 0.0324. The van der Waals surface area contributed by atoms with E-state index in [2.05, 4.69) is 31.1 Å². The Hall–Kier alpha value is -0.870. The lowest BCUT2D eigenvalue weighted by Crippen LogP contribution is -2.52. The van der Waals surface area contributed by atoms with Crippen LogP contribution in [0.2, 0.25) is 0 Å². The summed E-state index contributed by atoms with van der Waals surface area (Å²) in [6, 6.07) is 0.188. The van der Waals surface area contributed by atoms with Crippen LogP contribution < -0.4 is 10.6 Å². The van der Waals surface area contributed by atoms with Gasteiger partial charge in [-0.1, -0.05) is 19.9 Å². The molecule has 110 valence electrons. The molecule has 4 nitrogen and oxygen atoms in total. The van der Waals surface area contributed by atoms with Gasteiger partial charge in [0.15, 0.2) is 0 Å². The minimum atomic E-state index is -0.172. The summed E-state index contributed by atoms with van der Waals surface area (Å²) in [7, 11) is 0. The van der Waals surface area contributed by atoms with E-state index in [0.717, 1.165) is 32.3 Å². The fraction of sp³-hybridized carbons (Fsp3) is 0.800. The van der Waals surface area contributed by atoms with Gasteiger partial charge in [-0.3, -0.25) is 4.79 Å². The first-order chi connectivity index (χ1) is 9.06. The molecule has 2 unspecified atom stereocenters. The second-order valence-corrected chi connectivity index (χ2v) is 5.35. The van der Waals surface area contributed by atoms with E-state index in [-0.39, 0.29) is 17.6 Å². The van der Waals surface area contributed by atoms with Gasteiger partial charge in [0.05, 0.1) is 11.6 Å². The molecule has 0 radical (unpaired) electrons. The first kappa shape index (κ1) is 16.2. The van der Waals surface area contributed by atoms with E-state index in [1.807, 2.05) is 6.92 Å². The highest BCUT2D eigenvalue weighted by atomic mass is 16.5. The number of ether oxygens (including phenoxy) is 1. The second kappa shape index (κ2) is 7.65. The van der Waals surface area contributed by atoms with E-state index in [0.29, 0.717) is 12.6 Å². The van der Waals surface area contributed by atoms with Crippen LogP contribution in [-0.2, 0) is 9.53 Å². The van der Waals surface area contributed by atoms with Crippen LogP contribution >= 0.6 is 0 Å². The summed E-state index contributed by atoms with van der Waals surface area (Å²) in [6.45, 7) is 11.2. The molecular weight excluding hydrogens is 240 g/mol. The van der Waals surface area contributed by atoms with E-state index < -0.39 is 0 Å². The van der Waals surface area contributed by atoms with Gasteiger partial charge in [0.2, 0.25) is 5.91 Å². The Morgan fingerprint density at radius 3 is 2.79 bits per heavy atom. The lowest BCUT2D eigenvalue weighted by molar-refractivity contribution is -0.124. The van der Waals surface area contributed by atoms with Gasteiger partial charge in [-0.25, -0.2) is 0 Å². The van der Waals surface area contributed by atoms with Crippen LogP contribution in [0, 0.1) is 0 Å². The molecule has 0 spiro atoms. The van der Waals surface area contributed by atoms with Crippen molar-refractivity contribution in [1.82, 2.24) is 10.6 Å². The van der Waals surface area contributed by atoms with Gasteiger partial charge < -0.3 is 15.4 Å². The van der Waals surface area contributed by atoms with Crippen molar-refractivity contribution in [2.45, 2.75) is 64.1 Å². The number of hydrogen-bond acceptors (Lipinski definition) is 3. The summed E-state index contributed by atoms with van der Waals surface area (Å²) in [5.41, 5.74) is -0.00672. The molecule has 4 heteroatoms. The Balaban J connectivity index is 2.47. The predicted molar refractivity (Wildman–Crippen MR) is 78.1 cm³/mol. The number of carbonyl (C=O) groups excluding carboxylic acids is 1. The van der Waals surface area contributed by atoms with Crippen LogP contribution in [0.25, 0.3) is 0 Å². The highest BCUT2D eigenvalue weighted by Gasteiger charge is 2.35. The van der Waals surface area contributed by atoms with Crippen LogP contribution in [0.4, 0.5) is 0 Å². The first-order valence-electron chi connectivity index (χ1n) is 7.35. The largest absolute Gasteiger partial charge is 0.375 e. The van der Waals surface area contributed by atoms with Crippen molar-refractivity contribution < 1.29 is 9.53 Å². The average molecular weight is 268 g/mol. The molecule has 19 heavy (non-hydrogen) atoms. The lowest BCUT2D eigenvalue weighted by Gasteiger charge is -2.41. The Morgan fingerprint density at radius 1 is 1.53 bits per heavy atom. The lowest BCUT2D eigenvalue weighted by atomic mass is 9.85. The van der Waals surface area contributed by atoms with Crippen molar-refractivity contribution in [3.8, 4) is 0 Å². The zero-order chi connectivity index (χ0) is 14.3. The monoisotopic (exact) mass is 268 g/mol. The van der Waals surface area contributed by atoms with Crippen LogP contribution in [0.5, 0.6) is 0 Å². The van der Waals surface area contributed by atoms with Gasteiger partial charge in [0.1, 0.15) is 0 Å². The molecule has 2 N–H and O–H groups in total. The quantitative estimate of drug-likeness (QED) is 0.694. The van der Waals surface area contributed by atoms with Crippen LogP contribution in [0.1, 0.15) is 46.5 Å². The number of hydrogen-bond donors (Lipinski definition) is 2. The molecule has 1 amide bonds. The molecule has 2 atom stereocenters. The second-order valence-electron chi connectivity index (χ2n) is 5.35. The molecule has 0 bridgehead atoms. The molecule has 0 aromatic carbocycles. The minimum Gasteiger partial charge on any atom is -0.375 e. The highest BCUT2D eigenvalue weighted by molar-refractivity contribution is 5.81. The third-order valence-corrected chi connectivity index (χ3v) is 4.08. The Bertz CT molecular complexity index is 301. The zero-order valence-corrected chi connectivity index (χ0v) is 12.5. The fourth-order valence-corrected chi connectivity index (χ4v) is 2.67. The minimum absolute atomic E-state index is 0.00672. The van der Waals surface area contributed by atoms with Gasteiger partial charge in [0.25, 0.3) is 0 Å². The molecule has 1 rings (SSSR count). The van der Waals surface area contributed by atoms with Crippen molar-refractivity contribution in [2.75, 3.05) is 13.2 Å². The summed E-state index contributed by atoms with van der Waals surface area (Å²) in [5, 5.41) is 6.24. The maximum absolute atomic E-state index is 11.8. The predicted octanol–water partition coefficient (Wildman–Crippen LogP) is 2.00. The molecule has 1 aliphatic rings. The van der Waals surface area contributed by atoms with Crippen molar-refractivity contribution in [3.63, 3.8) is 0 Å². The normalized spacial score (nSPS) is 23.6. The molecule has 0 aromatic rings. The first-order valence-corrected chi connectivity index (χ1v) is 7.35. The number of rotatable bonds is 7. The average Bonchev–Trinajstić information content (AvgIpc) is 2.44. The topological polar surface area (TPSA) is 50.4 Å². The van der Waals surface area contributed by atoms with Crippen LogP contribution in [0.15, 0.2) is 12.7 Å². The summed E-state index contributed by atoms with van der Waals surface area (Å²) in [6.07, 6.45) is 5.70. The van der Waals surface area contributed by atoms with Gasteiger partial charge >= 0.3 is 0 Å². The zero-order valence-electron chi connectivity index (χ0n) is 12.5. The maximum Gasteiger partial charge on any atom is 0.237 e. The molecule has 0 aromatic heterocycles. The van der Waals surface area contributed by atoms with E-state index in [4.69, 9.17) is 4.74 Å². The standard InChI is InChI=1S/C15H28N2O2/c1-5-9-16-14(18)12(4)17-13-8-10-19-15(6-2,7-3)11-13/h5,12-13,17H,1,6-11H2,2-4H3,(H,16,18). The Morgan fingerprint density at radius 2 is 2.21 bits per heavy atom. The third kappa shape index (κ3) is 4.62. The molecule has 1 saturated heterocycles.